The average molecular weight is 374 g/mol. The third kappa shape index (κ3) is 4.32. The van der Waals surface area contributed by atoms with Crippen LogP contribution in [-0.4, -0.2) is 41.9 Å². The molecule has 6 nitrogen and oxygen atoms in total. The van der Waals surface area contributed by atoms with Crippen molar-refractivity contribution in [1.29, 1.82) is 0 Å². The van der Waals surface area contributed by atoms with Crippen molar-refractivity contribution in [3.63, 3.8) is 0 Å². The van der Waals surface area contributed by atoms with Crippen LogP contribution in [-0.2, 0) is 11.2 Å². The van der Waals surface area contributed by atoms with Crippen LogP contribution >= 0.6 is 11.6 Å². The predicted molar refractivity (Wildman–Crippen MR) is 102 cm³/mol. The van der Waals surface area contributed by atoms with Gasteiger partial charge in [-0.25, -0.2) is 0 Å². The molecule has 0 saturated carbocycles. The number of anilines is 1. The molecule has 0 N–H and O–H groups in total. The lowest BCUT2D eigenvalue weighted by Crippen LogP contribution is -2.49. The Morgan fingerprint density at radius 1 is 1.04 bits per heavy atom. The first-order valence-electron chi connectivity index (χ1n) is 8.55. The molecule has 2 aromatic rings. The van der Waals surface area contributed by atoms with E-state index in [2.05, 4.69) is 0 Å². The summed E-state index contributed by atoms with van der Waals surface area (Å²) in [6.07, 6.45) is 1.13. The molecule has 0 radical (unpaired) electrons. The van der Waals surface area contributed by atoms with E-state index in [0.717, 1.165) is 5.56 Å². The van der Waals surface area contributed by atoms with E-state index in [-0.39, 0.29) is 16.5 Å². The van der Waals surface area contributed by atoms with Crippen molar-refractivity contribution in [3.05, 3.63) is 69.2 Å². The zero-order valence-electron chi connectivity index (χ0n) is 14.3. The molecule has 1 aliphatic rings. The summed E-state index contributed by atoms with van der Waals surface area (Å²) in [5, 5.41) is 11.9. The van der Waals surface area contributed by atoms with Crippen molar-refractivity contribution in [1.82, 2.24) is 4.90 Å². The Kier molecular flexibility index (Phi) is 5.73. The zero-order valence-corrected chi connectivity index (χ0v) is 15.1. The third-order valence-corrected chi connectivity index (χ3v) is 4.84. The van der Waals surface area contributed by atoms with Crippen LogP contribution in [0.1, 0.15) is 12.0 Å². The van der Waals surface area contributed by atoms with E-state index in [0.29, 0.717) is 49.7 Å². The zero-order chi connectivity index (χ0) is 18.5. The van der Waals surface area contributed by atoms with Gasteiger partial charge in [-0.05, 0) is 30.2 Å². The van der Waals surface area contributed by atoms with Gasteiger partial charge in [0, 0.05) is 43.7 Å². The van der Waals surface area contributed by atoms with Crippen molar-refractivity contribution < 1.29 is 9.72 Å². The lowest BCUT2D eigenvalue weighted by atomic mass is 10.1. The van der Waals surface area contributed by atoms with Crippen LogP contribution in [0.3, 0.4) is 0 Å². The molecule has 0 atom stereocenters. The van der Waals surface area contributed by atoms with Gasteiger partial charge in [0.2, 0.25) is 5.91 Å². The molecule has 26 heavy (non-hydrogen) atoms. The number of benzene rings is 2. The number of hydrogen-bond acceptors (Lipinski definition) is 4. The fourth-order valence-corrected chi connectivity index (χ4v) is 3.27. The summed E-state index contributed by atoms with van der Waals surface area (Å²) < 4.78 is 0. The number of aryl methyl sites for hydroxylation is 1. The Morgan fingerprint density at radius 3 is 2.35 bits per heavy atom. The molecule has 0 unspecified atom stereocenters. The van der Waals surface area contributed by atoms with E-state index in [1.165, 1.54) is 6.07 Å². The first-order chi connectivity index (χ1) is 12.5. The van der Waals surface area contributed by atoms with Gasteiger partial charge in [0.05, 0.1) is 4.92 Å². The monoisotopic (exact) mass is 373 g/mol. The number of piperazine rings is 1. The summed E-state index contributed by atoms with van der Waals surface area (Å²) in [5.74, 6) is 0.113. The molecule has 7 heteroatoms. The maximum Gasteiger partial charge on any atom is 0.292 e. The van der Waals surface area contributed by atoms with Crippen LogP contribution in [0.25, 0.3) is 0 Å². The van der Waals surface area contributed by atoms with Crippen molar-refractivity contribution in [2.75, 3.05) is 31.1 Å². The number of nitro benzene ring substituents is 1. The first kappa shape index (κ1) is 18.2. The van der Waals surface area contributed by atoms with Crippen molar-refractivity contribution in [3.8, 4) is 0 Å². The maximum absolute atomic E-state index is 12.4. The van der Waals surface area contributed by atoms with Gasteiger partial charge in [-0.2, -0.15) is 0 Å². The fourth-order valence-electron chi connectivity index (χ4n) is 3.14. The second-order valence-corrected chi connectivity index (χ2v) is 6.68. The molecular formula is C19H20ClN3O3. The summed E-state index contributed by atoms with van der Waals surface area (Å²) in [6.45, 7) is 2.34. The van der Waals surface area contributed by atoms with Crippen molar-refractivity contribution in [2.24, 2.45) is 0 Å². The molecule has 1 fully saturated rings. The molecule has 3 rings (SSSR count). The number of nitrogens with zero attached hydrogens (tertiary/aromatic N) is 3. The lowest BCUT2D eigenvalue weighted by molar-refractivity contribution is -0.384. The highest BCUT2D eigenvalue weighted by molar-refractivity contribution is 6.30. The van der Waals surface area contributed by atoms with Gasteiger partial charge < -0.3 is 9.80 Å². The Labute approximate surface area is 157 Å². The quantitative estimate of drug-likeness (QED) is 0.594. The number of amides is 1. The molecule has 1 heterocycles. The van der Waals surface area contributed by atoms with E-state index >= 15 is 0 Å². The number of halogens is 1. The molecule has 1 amide bonds. The van der Waals surface area contributed by atoms with Crippen LogP contribution < -0.4 is 4.90 Å². The predicted octanol–water partition coefficient (Wildman–Crippen LogP) is 3.53. The summed E-state index contributed by atoms with van der Waals surface area (Å²) in [7, 11) is 0. The van der Waals surface area contributed by atoms with E-state index in [1.54, 1.807) is 18.2 Å². The summed E-state index contributed by atoms with van der Waals surface area (Å²) >= 11 is 5.87. The first-order valence-corrected chi connectivity index (χ1v) is 8.93. The standard InChI is InChI=1S/C19H20ClN3O3/c20-16-8-5-15(6-9-16)7-10-19(24)22-13-11-21(12-14-22)17-3-1-2-4-18(17)23(25)26/h1-6,8-9H,7,10-14H2. The molecule has 0 aromatic heterocycles. The van der Waals surface area contributed by atoms with E-state index in [9.17, 15) is 14.9 Å². The lowest BCUT2D eigenvalue weighted by Gasteiger charge is -2.35. The molecule has 0 spiro atoms. The van der Waals surface area contributed by atoms with Gasteiger partial charge in [0.25, 0.3) is 5.69 Å². The Morgan fingerprint density at radius 2 is 1.69 bits per heavy atom. The van der Waals surface area contributed by atoms with Crippen LogP contribution in [0, 0.1) is 10.1 Å². The number of carbonyl (C=O) groups excluding carboxylic acids is 1. The maximum atomic E-state index is 12.4. The molecule has 2 aromatic carbocycles. The smallest absolute Gasteiger partial charge is 0.292 e. The molecular weight excluding hydrogens is 354 g/mol. The largest absolute Gasteiger partial charge is 0.362 e. The minimum atomic E-state index is -0.362. The van der Waals surface area contributed by atoms with Gasteiger partial charge in [0.15, 0.2) is 0 Å². The minimum Gasteiger partial charge on any atom is -0.362 e. The van der Waals surface area contributed by atoms with Gasteiger partial charge in [0.1, 0.15) is 5.69 Å². The van der Waals surface area contributed by atoms with E-state index in [4.69, 9.17) is 11.6 Å². The minimum absolute atomic E-state index is 0.106. The highest BCUT2D eigenvalue weighted by Gasteiger charge is 2.25. The average Bonchev–Trinajstić information content (AvgIpc) is 2.67. The normalized spacial score (nSPS) is 14.3. The van der Waals surface area contributed by atoms with Crippen LogP contribution in [0.5, 0.6) is 0 Å². The van der Waals surface area contributed by atoms with Gasteiger partial charge in [-0.3, -0.25) is 14.9 Å². The number of hydrogen-bond donors (Lipinski definition) is 0. The summed E-state index contributed by atoms with van der Waals surface area (Å²) in [6, 6.07) is 14.3. The van der Waals surface area contributed by atoms with Gasteiger partial charge >= 0.3 is 0 Å². The number of carbonyl (C=O) groups is 1. The van der Waals surface area contributed by atoms with Gasteiger partial charge in [-0.15, -0.1) is 0 Å². The molecule has 1 saturated heterocycles. The SMILES string of the molecule is O=C(CCc1ccc(Cl)cc1)N1CCN(c2ccccc2[N+](=O)[O-])CC1. The third-order valence-electron chi connectivity index (χ3n) is 4.59. The second kappa shape index (κ2) is 8.19. The number of nitro groups is 1. The number of para-hydroxylation sites is 2. The molecule has 0 bridgehead atoms. The number of rotatable bonds is 5. The highest BCUT2D eigenvalue weighted by atomic mass is 35.5. The molecule has 136 valence electrons. The summed E-state index contributed by atoms with van der Waals surface area (Å²) in [4.78, 5) is 27.1. The van der Waals surface area contributed by atoms with E-state index < -0.39 is 0 Å². The Bertz CT molecular complexity index is 787. The topological polar surface area (TPSA) is 66.7 Å². The van der Waals surface area contributed by atoms with E-state index in [1.807, 2.05) is 34.1 Å². The van der Waals surface area contributed by atoms with Crippen LogP contribution in [0.15, 0.2) is 48.5 Å². The second-order valence-electron chi connectivity index (χ2n) is 6.24. The molecule has 1 aliphatic heterocycles. The Balaban J connectivity index is 1.54. The van der Waals surface area contributed by atoms with Crippen molar-refractivity contribution >= 4 is 28.9 Å². The van der Waals surface area contributed by atoms with Crippen LogP contribution in [0.2, 0.25) is 5.02 Å². The van der Waals surface area contributed by atoms with Crippen molar-refractivity contribution in [2.45, 2.75) is 12.8 Å². The molecule has 0 aliphatic carbocycles. The highest BCUT2D eigenvalue weighted by Crippen LogP contribution is 2.28. The fraction of sp³-hybridized carbons (Fsp3) is 0.316. The Hall–Kier alpha value is -2.60. The van der Waals surface area contributed by atoms with Crippen LogP contribution in [0.4, 0.5) is 11.4 Å². The van der Waals surface area contributed by atoms with Gasteiger partial charge in [-0.1, -0.05) is 35.9 Å². The summed E-state index contributed by atoms with van der Waals surface area (Å²) in [5.41, 5.74) is 1.81.